The minimum atomic E-state index is -0.459. The van der Waals surface area contributed by atoms with Crippen LogP contribution in [0, 0.1) is 0 Å². The molecule has 3 rings (SSSR count). The molecule has 110 valence electrons. The van der Waals surface area contributed by atoms with Crippen molar-refractivity contribution in [3.05, 3.63) is 71.9 Å². The molecule has 0 amide bonds. The van der Waals surface area contributed by atoms with Crippen molar-refractivity contribution in [3.8, 4) is 0 Å². The fourth-order valence-corrected chi connectivity index (χ4v) is 2.42. The van der Waals surface area contributed by atoms with Crippen molar-refractivity contribution >= 4 is 22.8 Å². The van der Waals surface area contributed by atoms with Gasteiger partial charge in [0.25, 0.3) is 0 Å². The highest BCUT2D eigenvalue weighted by Crippen LogP contribution is 2.21. The zero-order chi connectivity index (χ0) is 15.5. The van der Waals surface area contributed by atoms with Crippen LogP contribution in [0.15, 0.2) is 60.8 Å². The van der Waals surface area contributed by atoms with E-state index in [1.165, 1.54) is 11.5 Å². The van der Waals surface area contributed by atoms with Crippen LogP contribution in [0.2, 0.25) is 0 Å². The third-order valence-electron chi connectivity index (χ3n) is 3.51. The van der Waals surface area contributed by atoms with Gasteiger partial charge >= 0.3 is 6.09 Å². The zero-order valence-corrected chi connectivity index (χ0v) is 12.2. The van der Waals surface area contributed by atoms with Crippen LogP contribution in [0.25, 0.3) is 10.9 Å². The molecule has 22 heavy (non-hydrogen) atoms. The lowest BCUT2D eigenvalue weighted by Gasteiger charge is -2.07. The highest BCUT2D eigenvalue weighted by molar-refractivity contribution is 6.07. The summed E-state index contributed by atoms with van der Waals surface area (Å²) >= 11 is 0. The molecule has 4 heteroatoms. The lowest BCUT2D eigenvalue weighted by molar-refractivity contribution is 0.101. The van der Waals surface area contributed by atoms with Gasteiger partial charge in [0.05, 0.1) is 5.52 Å². The first-order chi connectivity index (χ1) is 10.7. The predicted octanol–water partition coefficient (Wildman–Crippen LogP) is 4.03. The molecule has 2 aromatic carbocycles. The molecule has 0 bridgehead atoms. The van der Waals surface area contributed by atoms with E-state index in [0.717, 1.165) is 10.9 Å². The van der Waals surface area contributed by atoms with E-state index in [1.807, 2.05) is 30.3 Å². The van der Waals surface area contributed by atoms with Crippen molar-refractivity contribution in [2.45, 2.75) is 13.5 Å². The number of ether oxygens (including phenoxy) is 1. The molecular weight excluding hydrogens is 278 g/mol. The molecule has 0 N–H and O–H groups in total. The van der Waals surface area contributed by atoms with Gasteiger partial charge in [0, 0.05) is 17.1 Å². The van der Waals surface area contributed by atoms with Crippen molar-refractivity contribution in [1.29, 1.82) is 0 Å². The van der Waals surface area contributed by atoms with Crippen molar-refractivity contribution < 1.29 is 14.3 Å². The molecule has 1 aromatic heterocycles. The van der Waals surface area contributed by atoms with Crippen molar-refractivity contribution in [1.82, 2.24) is 4.57 Å². The van der Waals surface area contributed by atoms with Crippen LogP contribution >= 0.6 is 0 Å². The molecule has 0 aliphatic carbocycles. The Morgan fingerprint density at radius 1 is 1.00 bits per heavy atom. The van der Waals surface area contributed by atoms with E-state index in [-0.39, 0.29) is 12.4 Å². The van der Waals surface area contributed by atoms with Gasteiger partial charge in [-0.15, -0.1) is 0 Å². The highest BCUT2D eigenvalue weighted by Gasteiger charge is 2.13. The Labute approximate surface area is 127 Å². The molecule has 0 unspecified atom stereocenters. The van der Waals surface area contributed by atoms with Gasteiger partial charge in [0.15, 0.2) is 5.78 Å². The minimum absolute atomic E-state index is 0.0268. The third-order valence-corrected chi connectivity index (χ3v) is 3.51. The van der Waals surface area contributed by atoms with Gasteiger partial charge < -0.3 is 4.74 Å². The van der Waals surface area contributed by atoms with Crippen LogP contribution in [0.1, 0.15) is 22.8 Å². The Kier molecular flexibility index (Phi) is 3.74. The molecule has 0 spiro atoms. The Balaban J connectivity index is 1.86. The first kappa shape index (κ1) is 14.1. The number of Topliss-reactive ketones (excluding diaryl/α,β-unsaturated/α-hetero) is 1. The second-order valence-corrected chi connectivity index (χ2v) is 5.02. The number of carbonyl (C=O) groups is 2. The second-order valence-electron chi connectivity index (χ2n) is 5.02. The largest absolute Gasteiger partial charge is 0.444 e. The van der Waals surface area contributed by atoms with Gasteiger partial charge in [-0.2, -0.15) is 0 Å². The van der Waals surface area contributed by atoms with Crippen molar-refractivity contribution in [3.63, 3.8) is 0 Å². The number of hydrogen-bond donors (Lipinski definition) is 0. The summed E-state index contributed by atoms with van der Waals surface area (Å²) in [5.41, 5.74) is 2.20. The van der Waals surface area contributed by atoms with E-state index in [2.05, 4.69) is 0 Å². The summed E-state index contributed by atoms with van der Waals surface area (Å²) in [4.78, 5) is 23.9. The van der Waals surface area contributed by atoms with Crippen LogP contribution in [-0.2, 0) is 11.3 Å². The molecule has 0 fully saturated rings. The SMILES string of the molecule is CC(=O)c1cccc2c1ccn2C(=O)OCc1ccccc1. The highest BCUT2D eigenvalue weighted by atomic mass is 16.5. The fourth-order valence-electron chi connectivity index (χ4n) is 2.42. The van der Waals surface area contributed by atoms with Crippen LogP contribution in [0.3, 0.4) is 0 Å². The first-order valence-electron chi connectivity index (χ1n) is 6.99. The smallest absolute Gasteiger partial charge is 0.418 e. The maximum atomic E-state index is 12.2. The summed E-state index contributed by atoms with van der Waals surface area (Å²) in [5, 5.41) is 0.756. The van der Waals surface area contributed by atoms with Gasteiger partial charge in [-0.3, -0.25) is 9.36 Å². The molecule has 0 saturated carbocycles. The number of carbonyl (C=O) groups excluding carboxylic acids is 2. The summed E-state index contributed by atoms with van der Waals surface area (Å²) in [5.74, 6) is -0.0268. The predicted molar refractivity (Wildman–Crippen MR) is 84.0 cm³/mol. The molecule has 0 aliphatic rings. The topological polar surface area (TPSA) is 48.3 Å². The Morgan fingerprint density at radius 2 is 1.77 bits per heavy atom. The molecule has 4 nitrogen and oxygen atoms in total. The summed E-state index contributed by atoms with van der Waals surface area (Å²) < 4.78 is 6.74. The Bertz CT molecular complexity index is 834. The first-order valence-corrected chi connectivity index (χ1v) is 6.99. The van der Waals surface area contributed by atoms with E-state index < -0.39 is 6.09 Å². The van der Waals surface area contributed by atoms with Gasteiger partial charge in [-0.1, -0.05) is 42.5 Å². The normalized spacial score (nSPS) is 10.6. The van der Waals surface area contributed by atoms with Gasteiger partial charge in [-0.25, -0.2) is 4.79 Å². The third kappa shape index (κ3) is 2.63. The van der Waals surface area contributed by atoms with E-state index in [1.54, 1.807) is 30.5 Å². The molecule has 0 atom stereocenters. The summed E-state index contributed by atoms with van der Waals surface area (Å²) in [6.45, 7) is 1.73. The minimum Gasteiger partial charge on any atom is -0.444 e. The second kappa shape index (κ2) is 5.85. The number of hydrogen-bond acceptors (Lipinski definition) is 3. The summed E-state index contributed by atoms with van der Waals surface area (Å²) in [6, 6.07) is 16.6. The monoisotopic (exact) mass is 293 g/mol. The average Bonchev–Trinajstić information content (AvgIpc) is 2.97. The number of aromatic nitrogens is 1. The van der Waals surface area contributed by atoms with Gasteiger partial charge in [-0.05, 0) is 24.6 Å². The van der Waals surface area contributed by atoms with Gasteiger partial charge in [0.2, 0.25) is 0 Å². The number of ketones is 1. The van der Waals surface area contributed by atoms with Crippen molar-refractivity contribution in [2.24, 2.45) is 0 Å². The van der Waals surface area contributed by atoms with E-state index >= 15 is 0 Å². The van der Waals surface area contributed by atoms with Crippen LogP contribution < -0.4 is 0 Å². The number of fused-ring (bicyclic) bond motifs is 1. The van der Waals surface area contributed by atoms with E-state index in [0.29, 0.717) is 11.1 Å². The Hall–Kier alpha value is -2.88. The van der Waals surface area contributed by atoms with E-state index in [9.17, 15) is 9.59 Å². The van der Waals surface area contributed by atoms with Crippen LogP contribution in [0.5, 0.6) is 0 Å². The maximum Gasteiger partial charge on any atom is 0.418 e. The van der Waals surface area contributed by atoms with Gasteiger partial charge in [0.1, 0.15) is 6.61 Å². The Morgan fingerprint density at radius 3 is 2.50 bits per heavy atom. The zero-order valence-electron chi connectivity index (χ0n) is 12.2. The quantitative estimate of drug-likeness (QED) is 0.685. The maximum absolute atomic E-state index is 12.2. The fraction of sp³-hybridized carbons (Fsp3) is 0.111. The van der Waals surface area contributed by atoms with E-state index in [4.69, 9.17) is 4.74 Å². The van der Waals surface area contributed by atoms with Crippen LogP contribution in [-0.4, -0.2) is 16.4 Å². The molecule has 1 heterocycles. The summed E-state index contributed by atoms with van der Waals surface area (Å²) in [6.07, 6.45) is 1.17. The molecule has 0 aliphatic heterocycles. The average molecular weight is 293 g/mol. The lowest BCUT2D eigenvalue weighted by Crippen LogP contribution is -2.12. The lowest BCUT2D eigenvalue weighted by atomic mass is 10.1. The molecule has 0 saturated heterocycles. The van der Waals surface area contributed by atoms with Crippen LogP contribution in [0.4, 0.5) is 4.79 Å². The molecular formula is C18H15NO3. The number of rotatable bonds is 3. The standard InChI is InChI=1S/C18H15NO3/c1-13(20)15-8-5-9-17-16(15)10-11-19(17)18(21)22-12-14-6-3-2-4-7-14/h2-11H,12H2,1H3. The molecule has 3 aromatic rings. The summed E-state index contributed by atoms with van der Waals surface area (Å²) in [7, 11) is 0. The number of benzene rings is 2. The molecule has 0 radical (unpaired) electrons. The van der Waals surface area contributed by atoms with Crippen molar-refractivity contribution in [2.75, 3.05) is 0 Å². The number of nitrogens with zero attached hydrogens (tertiary/aromatic N) is 1.